The number of pyridine rings is 1. The molecule has 0 aliphatic rings. The van der Waals surface area contributed by atoms with Gasteiger partial charge in [-0.25, -0.2) is 4.98 Å². The average Bonchev–Trinajstić information content (AvgIpc) is 3.40. The van der Waals surface area contributed by atoms with Crippen molar-refractivity contribution in [2.45, 2.75) is 44.8 Å². The van der Waals surface area contributed by atoms with Crippen molar-refractivity contribution in [2.75, 3.05) is 13.6 Å². The molecule has 2 aromatic carbocycles. The summed E-state index contributed by atoms with van der Waals surface area (Å²) in [6.45, 7) is 2.46. The van der Waals surface area contributed by atoms with Gasteiger partial charge in [-0.1, -0.05) is 42.5 Å². The molecule has 0 radical (unpaired) electrons. The zero-order valence-corrected chi connectivity index (χ0v) is 24.5. The molecule has 0 aliphatic carbocycles. The number of hydrogen-bond acceptors (Lipinski definition) is 7. The van der Waals surface area contributed by atoms with Crippen molar-refractivity contribution in [2.24, 2.45) is 0 Å². The third-order valence-corrected chi connectivity index (χ3v) is 7.59. The molecular formula is C31H32F3N5O3S. The van der Waals surface area contributed by atoms with Gasteiger partial charge < -0.3 is 20.6 Å². The number of benzene rings is 2. The first-order chi connectivity index (χ1) is 20.5. The van der Waals surface area contributed by atoms with Gasteiger partial charge in [0.05, 0.1) is 18.7 Å². The van der Waals surface area contributed by atoms with Crippen molar-refractivity contribution in [3.05, 3.63) is 117 Å². The van der Waals surface area contributed by atoms with Gasteiger partial charge in [-0.05, 0) is 48.7 Å². The molecule has 0 spiro atoms. The summed E-state index contributed by atoms with van der Waals surface area (Å²) in [5.41, 5.74) is 1.92. The number of rotatable bonds is 12. The number of thiazole rings is 1. The van der Waals surface area contributed by atoms with Crippen molar-refractivity contribution in [1.29, 1.82) is 0 Å². The molecule has 43 heavy (non-hydrogen) atoms. The second kappa shape index (κ2) is 14.4. The fourth-order valence-corrected chi connectivity index (χ4v) is 5.19. The molecule has 0 bridgehead atoms. The van der Waals surface area contributed by atoms with E-state index < -0.39 is 29.9 Å². The summed E-state index contributed by atoms with van der Waals surface area (Å²) in [5.74, 6) is -0.717. The van der Waals surface area contributed by atoms with Crippen LogP contribution in [-0.4, -0.2) is 57.5 Å². The van der Waals surface area contributed by atoms with E-state index in [9.17, 15) is 27.9 Å². The Morgan fingerprint density at radius 2 is 1.77 bits per heavy atom. The molecule has 0 saturated heterocycles. The lowest BCUT2D eigenvalue weighted by Crippen LogP contribution is -2.48. The van der Waals surface area contributed by atoms with Crippen LogP contribution in [0.1, 0.15) is 48.2 Å². The number of aryl methyl sites for hydroxylation is 1. The normalized spacial score (nSPS) is 12.9. The van der Waals surface area contributed by atoms with E-state index in [0.717, 1.165) is 28.5 Å². The minimum Gasteiger partial charge on any atom is -0.390 e. The first-order valence-corrected chi connectivity index (χ1v) is 14.4. The number of aliphatic hydroxyl groups excluding tert-OH is 1. The van der Waals surface area contributed by atoms with Crippen LogP contribution in [0.5, 0.6) is 0 Å². The lowest BCUT2D eigenvalue weighted by atomic mass is 10.00. The monoisotopic (exact) mass is 611 g/mol. The number of halogens is 3. The minimum atomic E-state index is -4.52. The zero-order chi connectivity index (χ0) is 31.0. The van der Waals surface area contributed by atoms with E-state index in [4.69, 9.17) is 0 Å². The Balaban J connectivity index is 1.41. The van der Waals surface area contributed by atoms with Crippen LogP contribution in [0.4, 0.5) is 13.2 Å². The number of nitrogens with one attached hydrogen (secondary N) is 2. The molecule has 0 saturated carbocycles. The number of carbonyl (C=O) groups is 2. The smallest absolute Gasteiger partial charge is 0.390 e. The average molecular weight is 612 g/mol. The molecule has 12 heteroatoms. The summed E-state index contributed by atoms with van der Waals surface area (Å²) in [5, 5.41) is 19.7. The Hall–Kier alpha value is -4.13. The SMILES string of the molecule is Cc1csc(CN(C)C(=O)c2cccc(C(=O)N[C@@H](Cc3ccccc3)[C@H](O)CNCc3ccc(C(F)(F)F)nc3)c2)n1. The van der Waals surface area contributed by atoms with Crippen LogP contribution in [-0.2, 0) is 25.7 Å². The quantitative estimate of drug-likeness (QED) is 0.216. The fraction of sp³-hybridized carbons (Fsp3) is 0.290. The van der Waals surface area contributed by atoms with Gasteiger partial charge in [-0.2, -0.15) is 13.2 Å². The highest BCUT2D eigenvalue weighted by atomic mass is 32.1. The van der Waals surface area contributed by atoms with E-state index in [2.05, 4.69) is 20.6 Å². The van der Waals surface area contributed by atoms with E-state index in [-0.39, 0.29) is 24.6 Å². The third kappa shape index (κ3) is 9.18. The molecule has 3 N–H and O–H groups in total. The van der Waals surface area contributed by atoms with Crippen LogP contribution < -0.4 is 10.6 Å². The van der Waals surface area contributed by atoms with Gasteiger partial charge in [0.1, 0.15) is 10.7 Å². The number of alkyl halides is 3. The summed E-state index contributed by atoms with van der Waals surface area (Å²) in [7, 11) is 1.67. The number of aromatic nitrogens is 2. The van der Waals surface area contributed by atoms with Crippen molar-refractivity contribution in [1.82, 2.24) is 25.5 Å². The van der Waals surface area contributed by atoms with Crippen LogP contribution >= 0.6 is 11.3 Å². The van der Waals surface area contributed by atoms with Gasteiger partial charge in [0.25, 0.3) is 11.8 Å². The maximum Gasteiger partial charge on any atom is 0.433 e. The molecule has 4 aromatic rings. The molecule has 4 rings (SSSR count). The summed E-state index contributed by atoms with van der Waals surface area (Å²) < 4.78 is 38.4. The van der Waals surface area contributed by atoms with Gasteiger partial charge in [-0.3, -0.25) is 14.6 Å². The second-order valence-corrected chi connectivity index (χ2v) is 11.1. The summed E-state index contributed by atoms with van der Waals surface area (Å²) in [6, 6.07) is 17.2. The Morgan fingerprint density at radius 3 is 2.42 bits per heavy atom. The predicted octanol–water partition coefficient (Wildman–Crippen LogP) is 4.63. The van der Waals surface area contributed by atoms with E-state index in [1.54, 1.807) is 25.2 Å². The highest BCUT2D eigenvalue weighted by Gasteiger charge is 2.32. The molecular weight excluding hydrogens is 579 g/mol. The van der Waals surface area contributed by atoms with Gasteiger partial charge >= 0.3 is 6.18 Å². The topological polar surface area (TPSA) is 107 Å². The van der Waals surface area contributed by atoms with Crippen LogP contribution in [0.25, 0.3) is 0 Å². The zero-order valence-electron chi connectivity index (χ0n) is 23.6. The largest absolute Gasteiger partial charge is 0.433 e. The first kappa shape index (κ1) is 31.8. The fourth-order valence-electron chi connectivity index (χ4n) is 4.37. The maximum absolute atomic E-state index is 13.3. The number of aliphatic hydroxyl groups is 1. The van der Waals surface area contributed by atoms with Gasteiger partial charge in [0, 0.05) is 48.5 Å². The number of hydrogen-bond donors (Lipinski definition) is 3. The summed E-state index contributed by atoms with van der Waals surface area (Å²) in [4.78, 5) is 35.8. The molecule has 2 amide bonds. The molecule has 8 nitrogen and oxygen atoms in total. The standard InChI is InChI=1S/C31H32F3N5O3S/c1-20-19-43-28(37-20)18-39(2)30(42)24-10-6-9-23(14-24)29(41)38-25(13-21-7-4-3-5-8-21)26(40)17-35-15-22-11-12-27(36-16-22)31(32,33)34/h3-12,14,16,19,25-26,35,40H,13,15,17-18H2,1-2H3,(H,38,41)/t25-,26+/m0/s1. The van der Waals surface area contributed by atoms with E-state index in [1.165, 1.54) is 28.4 Å². The Kier molecular flexibility index (Phi) is 10.6. The Bertz CT molecular complexity index is 1510. The third-order valence-electron chi connectivity index (χ3n) is 6.63. The van der Waals surface area contributed by atoms with Crippen molar-refractivity contribution < 1.29 is 27.9 Å². The van der Waals surface area contributed by atoms with Crippen LogP contribution in [0.2, 0.25) is 0 Å². The maximum atomic E-state index is 13.3. The molecule has 0 aliphatic heterocycles. The summed E-state index contributed by atoms with van der Waals surface area (Å²) >= 11 is 1.47. The van der Waals surface area contributed by atoms with E-state index in [0.29, 0.717) is 24.1 Å². The molecule has 0 fully saturated rings. The molecule has 226 valence electrons. The van der Waals surface area contributed by atoms with Crippen molar-refractivity contribution in [3.8, 4) is 0 Å². The number of nitrogens with zero attached hydrogens (tertiary/aromatic N) is 3. The minimum absolute atomic E-state index is 0.0539. The molecule has 0 unspecified atom stereocenters. The lowest BCUT2D eigenvalue weighted by molar-refractivity contribution is -0.141. The highest BCUT2D eigenvalue weighted by Crippen LogP contribution is 2.27. The number of amides is 2. The molecule has 2 heterocycles. The van der Waals surface area contributed by atoms with E-state index in [1.807, 2.05) is 42.6 Å². The Morgan fingerprint density at radius 1 is 1.02 bits per heavy atom. The number of carbonyl (C=O) groups excluding carboxylic acids is 2. The van der Waals surface area contributed by atoms with Gasteiger partial charge in [-0.15, -0.1) is 11.3 Å². The lowest BCUT2D eigenvalue weighted by Gasteiger charge is -2.25. The predicted molar refractivity (Wildman–Crippen MR) is 157 cm³/mol. The Labute approximate surface area is 251 Å². The second-order valence-electron chi connectivity index (χ2n) is 10.1. The van der Waals surface area contributed by atoms with Gasteiger partial charge in [0.15, 0.2) is 0 Å². The van der Waals surface area contributed by atoms with Crippen LogP contribution in [0, 0.1) is 6.92 Å². The highest BCUT2D eigenvalue weighted by molar-refractivity contribution is 7.09. The van der Waals surface area contributed by atoms with Crippen LogP contribution in [0.15, 0.2) is 78.3 Å². The van der Waals surface area contributed by atoms with Gasteiger partial charge in [0.2, 0.25) is 0 Å². The summed E-state index contributed by atoms with van der Waals surface area (Å²) in [6.07, 6.45) is -4.10. The van der Waals surface area contributed by atoms with Crippen LogP contribution in [0.3, 0.4) is 0 Å². The first-order valence-electron chi connectivity index (χ1n) is 13.5. The van der Waals surface area contributed by atoms with E-state index >= 15 is 0 Å². The molecule has 2 atom stereocenters. The van der Waals surface area contributed by atoms with Crippen molar-refractivity contribution >= 4 is 23.2 Å². The molecule has 2 aromatic heterocycles. The van der Waals surface area contributed by atoms with Crippen molar-refractivity contribution in [3.63, 3.8) is 0 Å².